The normalized spacial score (nSPS) is 15.8. The molecule has 184 valence electrons. The van der Waals surface area contributed by atoms with Crippen molar-refractivity contribution in [3.8, 4) is 0 Å². The van der Waals surface area contributed by atoms with E-state index in [0.29, 0.717) is 34.7 Å². The number of aromatic nitrogens is 2. The van der Waals surface area contributed by atoms with Gasteiger partial charge in [0, 0.05) is 28.5 Å². The summed E-state index contributed by atoms with van der Waals surface area (Å²) in [5, 5.41) is 2.68. The zero-order chi connectivity index (χ0) is 25.5. The highest BCUT2D eigenvalue weighted by Crippen LogP contribution is 2.27. The second-order valence-electron chi connectivity index (χ2n) is 8.07. The number of thioether (sulfide) groups is 1. The van der Waals surface area contributed by atoms with E-state index < -0.39 is 23.2 Å². The average Bonchev–Trinajstić information content (AvgIpc) is 3.44. The summed E-state index contributed by atoms with van der Waals surface area (Å²) in [6, 6.07) is 14.5. The number of hydrogen-bond donors (Lipinski definition) is 1. The molecule has 1 N–H and O–H groups in total. The van der Waals surface area contributed by atoms with Gasteiger partial charge < -0.3 is 10.1 Å². The molecule has 4 rings (SSSR count). The lowest BCUT2D eigenvalue weighted by Gasteiger charge is -2.15. The summed E-state index contributed by atoms with van der Waals surface area (Å²) in [6.07, 6.45) is 3.81. The number of nitrogens with zero attached hydrogens (tertiary/aromatic N) is 2. The number of halogens is 1. The molecule has 1 fully saturated rings. The number of hydrogen-bond acceptors (Lipinski definition) is 9. The van der Waals surface area contributed by atoms with Gasteiger partial charge in [-0.2, -0.15) is 0 Å². The van der Waals surface area contributed by atoms with Gasteiger partial charge in [-0.05, 0) is 43.7 Å². The van der Waals surface area contributed by atoms with E-state index in [0.717, 1.165) is 18.2 Å². The molecule has 0 saturated carbocycles. The lowest BCUT2D eigenvalue weighted by atomic mass is 10.1. The molecular weight excluding hydrogens is 502 g/mol. The molecule has 2 atom stereocenters. The Kier molecular flexibility index (Phi) is 8.58. The maximum absolute atomic E-state index is 13.2. The van der Waals surface area contributed by atoms with Crippen molar-refractivity contribution in [1.82, 2.24) is 15.3 Å². The zero-order valence-electron chi connectivity index (χ0n) is 19.1. The summed E-state index contributed by atoms with van der Waals surface area (Å²) in [5.41, 5.74) is 1.13. The fourth-order valence-corrected chi connectivity index (χ4v) is 4.70. The van der Waals surface area contributed by atoms with E-state index in [1.54, 1.807) is 48.5 Å². The minimum atomic E-state index is -0.960. The molecule has 0 aliphatic carbocycles. The number of esters is 2. The van der Waals surface area contributed by atoms with Gasteiger partial charge in [0.2, 0.25) is 0 Å². The fraction of sp³-hybridized carbons (Fsp3) is 0.231. The van der Waals surface area contributed by atoms with E-state index in [2.05, 4.69) is 15.3 Å². The standard InChI is InChI=1S/C26H22ClN3O5S/c27-19-10-8-17(9-11-19)24(33)21(13-22(31)35-25(34)20-7-4-12-28-20)36-26-29-14-18(15-30-26)23(32)16-5-2-1-3-6-16/h1-3,5-6,8-11,14-15,20-21,28H,4,7,12-13H2/t20-,21?/m0/s1. The van der Waals surface area contributed by atoms with E-state index in [4.69, 9.17) is 16.3 Å². The maximum atomic E-state index is 13.2. The number of carbonyl (C=O) groups is 4. The first-order valence-electron chi connectivity index (χ1n) is 11.3. The Labute approximate surface area is 216 Å². The molecular formula is C26H22ClN3O5S. The van der Waals surface area contributed by atoms with Crippen molar-refractivity contribution in [2.24, 2.45) is 0 Å². The number of rotatable bonds is 9. The third-order valence-electron chi connectivity index (χ3n) is 5.51. The van der Waals surface area contributed by atoms with E-state index in [1.165, 1.54) is 12.4 Å². The van der Waals surface area contributed by atoms with Gasteiger partial charge in [0.15, 0.2) is 16.7 Å². The quantitative estimate of drug-likeness (QED) is 0.146. The van der Waals surface area contributed by atoms with Crippen LogP contribution in [0.3, 0.4) is 0 Å². The van der Waals surface area contributed by atoms with Crippen molar-refractivity contribution in [2.45, 2.75) is 35.7 Å². The monoisotopic (exact) mass is 523 g/mol. The Bertz CT molecular complexity index is 1250. The first-order valence-corrected chi connectivity index (χ1v) is 12.5. The minimum Gasteiger partial charge on any atom is -0.392 e. The molecule has 0 spiro atoms. The molecule has 1 aliphatic heterocycles. The molecule has 2 aromatic carbocycles. The van der Waals surface area contributed by atoms with Crippen molar-refractivity contribution < 1.29 is 23.9 Å². The van der Waals surface area contributed by atoms with Crippen LogP contribution in [0.5, 0.6) is 0 Å². The van der Waals surface area contributed by atoms with Gasteiger partial charge in [-0.15, -0.1) is 0 Å². The number of carbonyl (C=O) groups excluding carboxylic acids is 4. The molecule has 1 aromatic heterocycles. The Morgan fingerprint density at radius 3 is 2.31 bits per heavy atom. The summed E-state index contributed by atoms with van der Waals surface area (Å²) >= 11 is 6.89. The zero-order valence-corrected chi connectivity index (χ0v) is 20.6. The van der Waals surface area contributed by atoms with E-state index in [9.17, 15) is 19.2 Å². The molecule has 1 saturated heterocycles. The van der Waals surface area contributed by atoms with Crippen LogP contribution in [0.25, 0.3) is 0 Å². The average molecular weight is 524 g/mol. The summed E-state index contributed by atoms with van der Waals surface area (Å²) in [7, 11) is 0. The van der Waals surface area contributed by atoms with Crippen LogP contribution in [-0.4, -0.2) is 51.3 Å². The molecule has 1 aliphatic rings. The van der Waals surface area contributed by atoms with Gasteiger partial charge in [0.05, 0.1) is 17.2 Å². The summed E-state index contributed by atoms with van der Waals surface area (Å²) in [6.45, 7) is 0.682. The Balaban J connectivity index is 1.49. The number of ketones is 2. The van der Waals surface area contributed by atoms with Gasteiger partial charge >= 0.3 is 11.9 Å². The molecule has 0 bridgehead atoms. The van der Waals surface area contributed by atoms with Crippen LogP contribution in [0, 0.1) is 0 Å². The second-order valence-corrected chi connectivity index (χ2v) is 9.68. The summed E-state index contributed by atoms with van der Waals surface area (Å²) in [4.78, 5) is 59.0. The van der Waals surface area contributed by atoms with E-state index in [1.807, 2.05) is 6.07 Å². The Hall–Kier alpha value is -3.40. The van der Waals surface area contributed by atoms with Gasteiger partial charge in [-0.25, -0.2) is 14.8 Å². The number of benzene rings is 2. The maximum Gasteiger partial charge on any atom is 0.330 e. The van der Waals surface area contributed by atoms with Crippen LogP contribution >= 0.6 is 23.4 Å². The molecule has 8 nitrogen and oxygen atoms in total. The predicted molar refractivity (Wildman–Crippen MR) is 134 cm³/mol. The number of nitrogens with one attached hydrogen (secondary N) is 1. The van der Waals surface area contributed by atoms with Gasteiger partial charge in [-0.1, -0.05) is 53.7 Å². The SMILES string of the molecule is O=C(CC(Sc1ncc(C(=O)c2ccccc2)cn1)C(=O)c1ccc(Cl)cc1)OC(=O)[C@@H]1CCCN1. The van der Waals surface area contributed by atoms with Crippen molar-refractivity contribution in [3.05, 3.63) is 88.7 Å². The lowest BCUT2D eigenvalue weighted by Crippen LogP contribution is -2.34. The fourth-order valence-electron chi connectivity index (χ4n) is 3.63. The number of ether oxygens (including phenoxy) is 1. The van der Waals surface area contributed by atoms with Gasteiger partial charge in [-0.3, -0.25) is 14.4 Å². The third kappa shape index (κ3) is 6.63. The van der Waals surface area contributed by atoms with Crippen LogP contribution < -0.4 is 5.32 Å². The lowest BCUT2D eigenvalue weighted by molar-refractivity contribution is -0.160. The van der Waals surface area contributed by atoms with Crippen LogP contribution in [0.15, 0.2) is 72.1 Å². The van der Waals surface area contributed by atoms with E-state index >= 15 is 0 Å². The highest BCUT2D eigenvalue weighted by Gasteiger charge is 2.30. The molecule has 2 heterocycles. The predicted octanol–water partition coefficient (Wildman–Crippen LogP) is 3.92. The summed E-state index contributed by atoms with van der Waals surface area (Å²) < 4.78 is 4.99. The molecule has 10 heteroatoms. The third-order valence-corrected chi connectivity index (χ3v) is 6.85. The first-order chi connectivity index (χ1) is 17.4. The number of Topliss-reactive ketones (excluding diaryl/α,β-unsaturated/α-hetero) is 1. The Morgan fingerprint density at radius 1 is 0.972 bits per heavy atom. The van der Waals surface area contributed by atoms with Crippen molar-refractivity contribution >= 4 is 46.9 Å². The van der Waals surface area contributed by atoms with Crippen LogP contribution in [-0.2, 0) is 14.3 Å². The van der Waals surface area contributed by atoms with Gasteiger partial charge in [0.25, 0.3) is 0 Å². The van der Waals surface area contributed by atoms with Crippen LogP contribution in [0.2, 0.25) is 5.02 Å². The molecule has 0 radical (unpaired) electrons. The second kappa shape index (κ2) is 12.0. The van der Waals surface area contributed by atoms with E-state index in [-0.39, 0.29) is 23.1 Å². The largest absolute Gasteiger partial charge is 0.392 e. The van der Waals surface area contributed by atoms with Crippen molar-refractivity contribution in [3.63, 3.8) is 0 Å². The molecule has 0 amide bonds. The van der Waals surface area contributed by atoms with Crippen molar-refractivity contribution in [2.75, 3.05) is 6.54 Å². The minimum absolute atomic E-state index is 0.198. The topological polar surface area (TPSA) is 115 Å². The van der Waals surface area contributed by atoms with Crippen LogP contribution in [0.1, 0.15) is 45.5 Å². The molecule has 1 unspecified atom stereocenters. The van der Waals surface area contributed by atoms with Crippen LogP contribution in [0.4, 0.5) is 0 Å². The Morgan fingerprint density at radius 2 is 1.67 bits per heavy atom. The highest BCUT2D eigenvalue weighted by molar-refractivity contribution is 8.00. The van der Waals surface area contributed by atoms with Gasteiger partial charge in [0.1, 0.15) is 6.04 Å². The highest BCUT2D eigenvalue weighted by atomic mass is 35.5. The smallest absolute Gasteiger partial charge is 0.330 e. The molecule has 3 aromatic rings. The summed E-state index contributed by atoms with van der Waals surface area (Å²) in [5.74, 6) is -2.07. The first kappa shape index (κ1) is 25.7. The van der Waals surface area contributed by atoms with Crippen molar-refractivity contribution in [1.29, 1.82) is 0 Å². The molecule has 36 heavy (non-hydrogen) atoms.